The Hall–Kier alpha value is -2.66. The van der Waals surface area contributed by atoms with Gasteiger partial charge in [0.15, 0.2) is 0 Å². The van der Waals surface area contributed by atoms with E-state index in [1.54, 1.807) is 12.1 Å². The Kier molecular flexibility index (Phi) is 9.76. The molecule has 0 aromatic heterocycles. The summed E-state index contributed by atoms with van der Waals surface area (Å²) in [6.45, 7) is 6.56. The molecule has 10 heteroatoms. The average Bonchev–Trinajstić information content (AvgIpc) is 3.49. The summed E-state index contributed by atoms with van der Waals surface area (Å²) in [5.74, 6) is 1.14. The van der Waals surface area contributed by atoms with Gasteiger partial charge in [-0.25, -0.2) is 13.2 Å². The first-order chi connectivity index (χ1) is 19.0. The molecule has 0 radical (unpaired) electrons. The average molecular weight is 575 g/mol. The van der Waals surface area contributed by atoms with Crippen LogP contribution in [0.5, 0.6) is 5.75 Å². The highest BCUT2D eigenvalue weighted by Crippen LogP contribution is 2.42. The summed E-state index contributed by atoms with van der Waals surface area (Å²) in [6.07, 6.45) is -0.888. The highest BCUT2D eigenvalue weighted by atomic mass is 32.2. The van der Waals surface area contributed by atoms with E-state index < -0.39 is 28.3 Å². The Morgan fingerprint density at radius 1 is 1.07 bits per heavy atom. The van der Waals surface area contributed by atoms with Gasteiger partial charge in [0.2, 0.25) is 10.0 Å². The molecule has 0 bridgehead atoms. The molecule has 40 heavy (non-hydrogen) atoms. The van der Waals surface area contributed by atoms with Gasteiger partial charge in [0, 0.05) is 25.7 Å². The van der Waals surface area contributed by atoms with Crippen LogP contribution in [-0.4, -0.2) is 85.0 Å². The lowest BCUT2D eigenvalue weighted by molar-refractivity contribution is 0.0130. The fraction of sp³-hybridized carbons (Fsp3) is 0.567. The predicted molar refractivity (Wildman–Crippen MR) is 152 cm³/mol. The number of ether oxygens (including phenoxy) is 2. The topological polar surface area (TPSA) is 117 Å². The Bertz CT molecular complexity index is 1220. The maximum Gasteiger partial charge on any atom is 0.407 e. The minimum atomic E-state index is -3.98. The SMILES string of the molecule is COc1ccc(S(=O)(=O)N(CC(C)C)C[C@@H](O)[C@H](Cc2ccccc2)N(C(=O)O)[C@@H]2C[C@@H]3[C@H](C)CO[C@@H]3C2)cc1. The third-order valence-corrected chi connectivity index (χ3v) is 10.0. The van der Waals surface area contributed by atoms with Gasteiger partial charge in [-0.1, -0.05) is 51.1 Å². The van der Waals surface area contributed by atoms with Crippen LogP contribution in [-0.2, 0) is 21.2 Å². The minimum absolute atomic E-state index is 0.00394. The fourth-order valence-electron chi connectivity index (χ4n) is 6.17. The smallest absolute Gasteiger partial charge is 0.407 e. The van der Waals surface area contributed by atoms with Crippen LogP contribution in [0.4, 0.5) is 4.79 Å². The molecule has 2 aromatic carbocycles. The first kappa shape index (κ1) is 30.3. The molecule has 1 aliphatic carbocycles. The molecule has 1 heterocycles. The number of hydrogen-bond donors (Lipinski definition) is 2. The van der Waals surface area contributed by atoms with Crippen molar-refractivity contribution in [3.63, 3.8) is 0 Å². The Balaban J connectivity index is 1.65. The maximum absolute atomic E-state index is 13.7. The Labute approximate surface area is 237 Å². The Morgan fingerprint density at radius 3 is 2.33 bits per heavy atom. The molecule has 0 spiro atoms. The van der Waals surface area contributed by atoms with Crippen LogP contribution in [0.25, 0.3) is 0 Å². The van der Waals surface area contributed by atoms with E-state index in [-0.39, 0.29) is 48.4 Å². The van der Waals surface area contributed by atoms with Gasteiger partial charge in [0.1, 0.15) is 5.75 Å². The highest BCUT2D eigenvalue weighted by molar-refractivity contribution is 7.89. The maximum atomic E-state index is 13.7. The van der Waals surface area contributed by atoms with Crippen LogP contribution in [0.3, 0.4) is 0 Å². The van der Waals surface area contributed by atoms with Crippen LogP contribution in [0.2, 0.25) is 0 Å². The van der Waals surface area contributed by atoms with Crippen LogP contribution in [0, 0.1) is 17.8 Å². The third-order valence-electron chi connectivity index (χ3n) is 8.19. The molecule has 1 saturated carbocycles. The van der Waals surface area contributed by atoms with E-state index in [4.69, 9.17) is 9.47 Å². The summed E-state index contributed by atoms with van der Waals surface area (Å²) in [4.78, 5) is 14.3. The molecule has 0 unspecified atom stereocenters. The number of sulfonamides is 1. The third kappa shape index (κ3) is 6.79. The number of methoxy groups -OCH3 is 1. The number of rotatable bonds is 12. The van der Waals surface area contributed by atoms with E-state index in [0.717, 1.165) is 5.56 Å². The van der Waals surface area contributed by atoms with E-state index in [1.807, 2.05) is 44.2 Å². The van der Waals surface area contributed by atoms with Gasteiger partial charge >= 0.3 is 6.09 Å². The highest BCUT2D eigenvalue weighted by Gasteiger charge is 2.48. The number of hydrogen-bond acceptors (Lipinski definition) is 6. The molecule has 1 saturated heterocycles. The predicted octanol–water partition coefficient (Wildman–Crippen LogP) is 4.11. The van der Waals surface area contributed by atoms with Crippen molar-refractivity contribution in [2.24, 2.45) is 17.8 Å². The van der Waals surface area contributed by atoms with Crippen molar-refractivity contribution in [3.05, 3.63) is 60.2 Å². The first-order valence-electron chi connectivity index (χ1n) is 14.0. The quantitative estimate of drug-likeness (QED) is 0.392. The lowest BCUT2D eigenvalue weighted by Crippen LogP contribution is -2.55. The number of aliphatic hydroxyl groups is 1. The number of fused-ring (bicyclic) bond motifs is 1. The van der Waals surface area contributed by atoms with Gasteiger partial charge in [0.05, 0.1) is 30.3 Å². The van der Waals surface area contributed by atoms with Gasteiger partial charge in [-0.3, -0.25) is 4.90 Å². The summed E-state index contributed by atoms with van der Waals surface area (Å²) >= 11 is 0. The number of carboxylic acid groups (broad SMARTS) is 1. The van der Waals surface area contributed by atoms with E-state index in [0.29, 0.717) is 31.1 Å². The van der Waals surface area contributed by atoms with Crippen LogP contribution in [0.15, 0.2) is 59.5 Å². The van der Waals surface area contributed by atoms with Crippen molar-refractivity contribution >= 4 is 16.1 Å². The van der Waals surface area contributed by atoms with Crippen molar-refractivity contribution < 1.29 is 32.9 Å². The van der Waals surface area contributed by atoms with Gasteiger partial charge in [0.25, 0.3) is 0 Å². The molecule has 2 fully saturated rings. The number of nitrogens with zero attached hydrogens (tertiary/aromatic N) is 2. The van der Waals surface area contributed by atoms with Crippen molar-refractivity contribution in [2.45, 2.75) is 69.2 Å². The van der Waals surface area contributed by atoms with Crippen LogP contribution < -0.4 is 4.74 Å². The number of benzene rings is 2. The zero-order valence-corrected chi connectivity index (χ0v) is 24.5. The largest absolute Gasteiger partial charge is 0.497 e. The van der Waals surface area contributed by atoms with Gasteiger partial charge in [-0.05, 0) is 66.8 Å². The first-order valence-corrected chi connectivity index (χ1v) is 15.4. The molecule has 9 nitrogen and oxygen atoms in total. The standard InChI is InChI=1S/C30H42N2O7S/c1-20(2)17-31(40(36,37)25-12-10-24(38-4)11-13-25)18-28(33)27(14-22-8-6-5-7-9-22)32(30(34)35)23-15-26-21(3)19-39-29(26)16-23/h5-13,20-21,23,26-29,33H,14-19H2,1-4H3,(H,34,35)/t21-,23-,26-,27+,28-,29-/m1/s1. The fourth-order valence-corrected chi connectivity index (χ4v) is 7.79. The van der Waals surface area contributed by atoms with E-state index in [9.17, 15) is 23.4 Å². The number of aliphatic hydroxyl groups excluding tert-OH is 1. The molecular weight excluding hydrogens is 532 g/mol. The monoisotopic (exact) mass is 574 g/mol. The molecule has 2 aliphatic rings. The second kappa shape index (κ2) is 12.9. The number of amides is 1. The zero-order chi connectivity index (χ0) is 29.0. The van der Waals surface area contributed by atoms with Crippen LogP contribution >= 0.6 is 0 Å². The normalized spacial score (nSPS) is 24.2. The number of carbonyl (C=O) groups is 1. The molecule has 4 rings (SSSR count). The van der Waals surface area contributed by atoms with Crippen molar-refractivity contribution in [3.8, 4) is 5.75 Å². The van der Waals surface area contributed by atoms with E-state index in [1.165, 1.54) is 28.4 Å². The minimum Gasteiger partial charge on any atom is -0.497 e. The molecular formula is C30H42N2O7S. The molecule has 1 aliphatic heterocycles. The summed E-state index contributed by atoms with van der Waals surface area (Å²) in [6, 6.07) is 14.4. The molecule has 220 valence electrons. The molecule has 2 N–H and O–H groups in total. The summed E-state index contributed by atoms with van der Waals surface area (Å²) in [7, 11) is -2.47. The summed E-state index contributed by atoms with van der Waals surface area (Å²) in [5, 5.41) is 22.2. The second-order valence-corrected chi connectivity index (χ2v) is 13.5. The second-order valence-electron chi connectivity index (χ2n) is 11.5. The lowest BCUT2D eigenvalue weighted by Gasteiger charge is -2.39. The van der Waals surface area contributed by atoms with Gasteiger partial charge in [-0.2, -0.15) is 4.31 Å². The van der Waals surface area contributed by atoms with Crippen molar-refractivity contribution in [2.75, 3.05) is 26.8 Å². The molecule has 1 amide bonds. The van der Waals surface area contributed by atoms with Gasteiger partial charge < -0.3 is 19.7 Å². The lowest BCUT2D eigenvalue weighted by atomic mass is 9.93. The summed E-state index contributed by atoms with van der Waals surface area (Å²) in [5.41, 5.74) is 0.869. The van der Waals surface area contributed by atoms with Crippen molar-refractivity contribution in [1.82, 2.24) is 9.21 Å². The molecule has 2 aromatic rings. The zero-order valence-electron chi connectivity index (χ0n) is 23.7. The Morgan fingerprint density at radius 2 is 1.75 bits per heavy atom. The summed E-state index contributed by atoms with van der Waals surface area (Å²) < 4.78 is 39.9. The van der Waals surface area contributed by atoms with E-state index in [2.05, 4.69) is 6.92 Å². The van der Waals surface area contributed by atoms with Crippen LogP contribution in [0.1, 0.15) is 39.2 Å². The van der Waals surface area contributed by atoms with Crippen molar-refractivity contribution in [1.29, 1.82) is 0 Å². The molecule has 6 atom stereocenters. The van der Waals surface area contributed by atoms with E-state index >= 15 is 0 Å². The van der Waals surface area contributed by atoms with Gasteiger partial charge in [-0.15, -0.1) is 0 Å².